The molecule has 1 saturated heterocycles. The van der Waals surface area contributed by atoms with Gasteiger partial charge in [0.2, 0.25) is 5.75 Å². The van der Waals surface area contributed by atoms with Crippen molar-refractivity contribution in [1.82, 2.24) is 30.0 Å². The molecule has 1 amide bonds. The van der Waals surface area contributed by atoms with Crippen LogP contribution in [0.3, 0.4) is 0 Å². The number of hydrogen-bond donors (Lipinski definition) is 0. The van der Waals surface area contributed by atoms with E-state index in [1.54, 1.807) is 28.9 Å². The molecule has 0 spiro atoms. The Morgan fingerprint density at radius 3 is 2.11 bits per heavy atom. The maximum absolute atomic E-state index is 13.4. The maximum atomic E-state index is 13.4. The molecule has 10 nitrogen and oxygen atoms in total. The molecular formula is C25H31FN6O4. The van der Waals surface area contributed by atoms with Crippen LogP contribution in [-0.2, 0) is 6.54 Å². The minimum atomic E-state index is -0.316. The summed E-state index contributed by atoms with van der Waals surface area (Å²) < 4.78 is 32.1. The van der Waals surface area contributed by atoms with Gasteiger partial charge in [0.1, 0.15) is 5.82 Å². The fourth-order valence-corrected chi connectivity index (χ4v) is 4.09. The van der Waals surface area contributed by atoms with Gasteiger partial charge in [-0.3, -0.25) is 9.69 Å². The summed E-state index contributed by atoms with van der Waals surface area (Å²) in [5.41, 5.74) is 1.19. The van der Waals surface area contributed by atoms with E-state index in [-0.39, 0.29) is 11.7 Å². The molecule has 1 aromatic heterocycles. The Hall–Kier alpha value is -3.73. The van der Waals surface area contributed by atoms with Gasteiger partial charge in [0.15, 0.2) is 17.3 Å². The van der Waals surface area contributed by atoms with Gasteiger partial charge in [-0.05, 0) is 67.6 Å². The van der Waals surface area contributed by atoms with Crippen LogP contribution in [0, 0.1) is 5.82 Å². The van der Waals surface area contributed by atoms with E-state index < -0.39 is 0 Å². The molecule has 0 aliphatic carbocycles. The van der Waals surface area contributed by atoms with E-state index in [1.807, 2.05) is 25.7 Å². The fraction of sp³-hybridized carbons (Fsp3) is 0.440. The van der Waals surface area contributed by atoms with Crippen LogP contribution in [0.1, 0.15) is 37.0 Å². The minimum absolute atomic E-state index is 0.0873. The van der Waals surface area contributed by atoms with Crippen molar-refractivity contribution in [2.45, 2.75) is 27.3 Å². The standard InChI is InChI=1S/C25H31FN6O4/c1-4-34-21-15-18(16-22(35-5-2)24(21)36-6-3)25(33)31-13-11-30(12-14-31)17-23-27-28-29-32(23)20-9-7-19(26)8-10-20/h7-10,15-16H,4-6,11-14,17H2,1-3H3. The predicted molar refractivity (Wildman–Crippen MR) is 130 cm³/mol. The second kappa shape index (κ2) is 11.8. The summed E-state index contributed by atoms with van der Waals surface area (Å²) in [6, 6.07) is 9.47. The van der Waals surface area contributed by atoms with Gasteiger partial charge in [-0.15, -0.1) is 5.10 Å². The van der Waals surface area contributed by atoms with Gasteiger partial charge >= 0.3 is 0 Å². The first kappa shape index (κ1) is 25.4. The third kappa shape index (κ3) is 5.73. The Morgan fingerprint density at radius 2 is 1.53 bits per heavy atom. The Kier molecular flexibility index (Phi) is 8.32. The molecule has 192 valence electrons. The molecule has 2 aromatic carbocycles. The zero-order chi connectivity index (χ0) is 25.5. The van der Waals surface area contributed by atoms with Crippen molar-refractivity contribution >= 4 is 5.91 Å². The zero-order valence-electron chi connectivity index (χ0n) is 20.8. The number of hydrogen-bond acceptors (Lipinski definition) is 8. The van der Waals surface area contributed by atoms with Gasteiger partial charge in [0.25, 0.3) is 5.91 Å². The molecule has 1 aliphatic heterocycles. The summed E-state index contributed by atoms with van der Waals surface area (Å²) in [5.74, 6) is 1.76. The summed E-state index contributed by atoms with van der Waals surface area (Å²) in [5, 5.41) is 12.0. The van der Waals surface area contributed by atoms with Crippen molar-refractivity contribution in [1.29, 1.82) is 0 Å². The van der Waals surface area contributed by atoms with Crippen LogP contribution in [0.15, 0.2) is 36.4 Å². The molecule has 0 N–H and O–H groups in total. The molecule has 0 unspecified atom stereocenters. The number of nitrogens with zero attached hydrogens (tertiary/aromatic N) is 6. The highest BCUT2D eigenvalue weighted by molar-refractivity contribution is 5.95. The van der Waals surface area contributed by atoms with E-state index in [9.17, 15) is 9.18 Å². The van der Waals surface area contributed by atoms with Crippen molar-refractivity contribution in [3.63, 3.8) is 0 Å². The van der Waals surface area contributed by atoms with Crippen LogP contribution in [0.25, 0.3) is 5.69 Å². The van der Waals surface area contributed by atoms with Crippen molar-refractivity contribution in [2.75, 3.05) is 46.0 Å². The molecular weight excluding hydrogens is 467 g/mol. The van der Waals surface area contributed by atoms with Gasteiger partial charge in [0, 0.05) is 31.7 Å². The van der Waals surface area contributed by atoms with Crippen LogP contribution < -0.4 is 14.2 Å². The number of amides is 1. The normalized spacial score (nSPS) is 14.1. The molecule has 0 atom stereocenters. The highest BCUT2D eigenvalue weighted by Crippen LogP contribution is 2.39. The van der Waals surface area contributed by atoms with Crippen LogP contribution in [0.4, 0.5) is 4.39 Å². The lowest BCUT2D eigenvalue weighted by Crippen LogP contribution is -2.48. The summed E-state index contributed by atoms with van der Waals surface area (Å²) in [4.78, 5) is 17.4. The van der Waals surface area contributed by atoms with Crippen LogP contribution >= 0.6 is 0 Å². The number of benzene rings is 2. The summed E-state index contributed by atoms with van der Waals surface area (Å²) in [6.07, 6.45) is 0. The second-order valence-electron chi connectivity index (χ2n) is 8.15. The number of halogens is 1. The minimum Gasteiger partial charge on any atom is -0.490 e. The number of tetrazole rings is 1. The third-order valence-electron chi connectivity index (χ3n) is 5.79. The van der Waals surface area contributed by atoms with E-state index in [4.69, 9.17) is 14.2 Å². The second-order valence-corrected chi connectivity index (χ2v) is 8.15. The van der Waals surface area contributed by atoms with E-state index in [1.165, 1.54) is 12.1 Å². The highest BCUT2D eigenvalue weighted by Gasteiger charge is 2.26. The van der Waals surface area contributed by atoms with Crippen molar-refractivity contribution in [3.8, 4) is 22.9 Å². The Balaban J connectivity index is 1.43. The lowest BCUT2D eigenvalue weighted by molar-refractivity contribution is 0.0623. The number of carbonyl (C=O) groups is 1. The first-order valence-corrected chi connectivity index (χ1v) is 12.1. The van der Waals surface area contributed by atoms with E-state index in [0.717, 1.165) is 0 Å². The fourth-order valence-electron chi connectivity index (χ4n) is 4.09. The molecule has 3 aromatic rings. The topological polar surface area (TPSA) is 94.8 Å². The Labute approximate surface area is 209 Å². The molecule has 1 aliphatic rings. The van der Waals surface area contributed by atoms with Crippen molar-refractivity contribution in [3.05, 3.63) is 53.6 Å². The summed E-state index contributed by atoms with van der Waals surface area (Å²) in [6.45, 7) is 9.95. The average molecular weight is 499 g/mol. The molecule has 0 saturated carbocycles. The van der Waals surface area contributed by atoms with Crippen molar-refractivity contribution < 1.29 is 23.4 Å². The maximum Gasteiger partial charge on any atom is 0.254 e. The van der Waals surface area contributed by atoms with Gasteiger partial charge in [-0.1, -0.05) is 0 Å². The lowest BCUT2D eigenvalue weighted by atomic mass is 10.1. The van der Waals surface area contributed by atoms with Gasteiger partial charge in [-0.25, -0.2) is 4.39 Å². The molecule has 0 radical (unpaired) electrons. The molecule has 1 fully saturated rings. The third-order valence-corrected chi connectivity index (χ3v) is 5.79. The molecule has 36 heavy (non-hydrogen) atoms. The zero-order valence-corrected chi connectivity index (χ0v) is 20.8. The van der Waals surface area contributed by atoms with Crippen LogP contribution in [0.5, 0.6) is 17.2 Å². The van der Waals surface area contributed by atoms with Crippen LogP contribution in [0.2, 0.25) is 0 Å². The lowest BCUT2D eigenvalue weighted by Gasteiger charge is -2.34. The molecule has 4 rings (SSSR count). The number of aromatic nitrogens is 4. The SMILES string of the molecule is CCOc1cc(C(=O)N2CCN(Cc3nnnn3-c3ccc(F)cc3)CC2)cc(OCC)c1OCC. The smallest absolute Gasteiger partial charge is 0.254 e. The monoisotopic (exact) mass is 498 g/mol. The Bertz CT molecular complexity index is 1130. The van der Waals surface area contributed by atoms with Crippen molar-refractivity contribution in [2.24, 2.45) is 0 Å². The largest absolute Gasteiger partial charge is 0.490 e. The molecule has 2 heterocycles. The van der Waals surface area contributed by atoms with E-state index in [2.05, 4.69) is 20.4 Å². The highest BCUT2D eigenvalue weighted by atomic mass is 19.1. The molecule has 11 heteroatoms. The first-order chi connectivity index (χ1) is 17.5. The summed E-state index contributed by atoms with van der Waals surface area (Å²) >= 11 is 0. The average Bonchev–Trinajstić information content (AvgIpc) is 3.34. The van der Waals surface area contributed by atoms with Crippen LogP contribution in [-0.4, -0.2) is 81.9 Å². The summed E-state index contributed by atoms with van der Waals surface area (Å²) in [7, 11) is 0. The first-order valence-electron chi connectivity index (χ1n) is 12.1. The number of rotatable bonds is 10. The predicted octanol–water partition coefficient (Wildman–Crippen LogP) is 2.96. The molecule has 0 bridgehead atoms. The van der Waals surface area contributed by atoms with E-state index in [0.29, 0.717) is 86.9 Å². The van der Waals surface area contributed by atoms with E-state index >= 15 is 0 Å². The number of carbonyl (C=O) groups excluding carboxylic acids is 1. The Morgan fingerprint density at radius 1 is 0.917 bits per heavy atom. The number of piperazine rings is 1. The quantitative estimate of drug-likeness (QED) is 0.421. The van der Waals surface area contributed by atoms with Gasteiger partial charge in [-0.2, -0.15) is 4.68 Å². The van der Waals surface area contributed by atoms with Gasteiger partial charge in [0.05, 0.1) is 32.1 Å². The number of ether oxygens (including phenoxy) is 3. The van der Waals surface area contributed by atoms with Gasteiger partial charge < -0.3 is 19.1 Å².